The molecule has 24 heavy (non-hydrogen) atoms. The van der Waals surface area contributed by atoms with Crippen LogP contribution in [0.25, 0.3) is 0 Å². The number of carbonyl (C=O) groups excluding carboxylic acids is 1. The number of hydrogen-bond acceptors (Lipinski definition) is 2. The summed E-state index contributed by atoms with van der Waals surface area (Å²) in [6.45, 7) is 0. The van der Waals surface area contributed by atoms with Gasteiger partial charge in [0.05, 0.1) is 11.8 Å². The molecule has 0 aromatic heterocycles. The van der Waals surface area contributed by atoms with Crippen molar-refractivity contribution in [3.8, 4) is 0 Å². The van der Waals surface area contributed by atoms with E-state index in [1.54, 1.807) is 0 Å². The summed E-state index contributed by atoms with van der Waals surface area (Å²) in [5.74, 6) is -0.813. The lowest BCUT2D eigenvalue weighted by atomic mass is 9.62. The van der Waals surface area contributed by atoms with E-state index in [4.69, 9.17) is 0 Å². The third-order valence-corrected chi connectivity index (χ3v) is 6.61. The van der Waals surface area contributed by atoms with Crippen molar-refractivity contribution in [3.05, 3.63) is 41.5 Å². The molecule has 0 radical (unpaired) electrons. The Labute approximate surface area is 140 Å². The molecule has 0 aliphatic heterocycles. The summed E-state index contributed by atoms with van der Waals surface area (Å²) >= 11 is 0. The number of aliphatic carboxylic acids is 1. The highest BCUT2D eigenvalue weighted by atomic mass is 16.4. The molecule has 6 rings (SSSR count). The van der Waals surface area contributed by atoms with Crippen LogP contribution in [0.5, 0.6) is 0 Å². The number of carboxylic acid groups (broad SMARTS) is 1. The van der Waals surface area contributed by atoms with Gasteiger partial charge in [0.15, 0.2) is 0 Å². The van der Waals surface area contributed by atoms with E-state index < -0.39 is 17.8 Å². The number of carboxylic acids is 1. The number of anilines is 1. The molecule has 4 nitrogen and oxygen atoms in total. The molecule has 0 saturated heterocycles. The van der Waals surface area contributed by atoms with Crippen molar-refractivity contribution in [2.75, 3.05) is 5.32 Å². The third kappa shape index (κ3) is 1.98. The Balaban J connectivity index is 1.42. The van der Waals surface area contributed by atoms with Gasteiger partial charge in [-0.1, -0.05) is 18.2 Å². The Morgan fingerprint density at radius 2 is 1.71 bits per heavy atom. The number of hydrogen-bond donors (Lipinski definition) is 2. The van der Waals surface area contributed by atoms with Crippen LogP contribution >= 0.6 is 0 Å². The third-order valence-electron chi connectivity index (χ3n) is 6.61. The molecule has 5 aliphatic rings. The van der Waals surface area contributed by atoms with E-state index in [2.05, 4.69) is 29.6 Å². The molecule has 2 N–H and O–H groups in total. The fraction of sp³-hybridized carbons (Fsp3) is 0.500. The average molecular weight is 323 g/mol. The van der Waals surface area contributed by atoms with Crippen LogP contribution in [0, 0.1) is 35.5 Å². The summed E-state index contributed by atoms with van der Waals surface area (Å²) in [7, 11) is 0. The van der Waals surface area contributed by atoms with Crippen LogP contribution in [0.4, 0.5) is 5.69 Å². The lowest BCUT2D eigenvalue weighted by Gasteiger charge is -2.41. The normalized spacial score (nSPS) is 37.7. The fourth-order valence-electron chi connectivity index (χ4n) is 5.45. The molecule has 1 aromatic rings. The molecule has 6 atom stereocenters. The molecule has 1 amide bonds. The molecular weight excluding hydrogens is 302 g/mol. The van der Waals surface area contributed by atoms with Gasteiger partial charge in [0, 0.05) is 5.69 Å². The standard InChI is InChI=1S/C20H21NO3/c22-19(21-12-5-4-10-2-1-3-11(10)8-12)17-13-6-7-14(16-9-15(13)16)18(17)20(23)24/h4-8,13-18H,1-3,9H2,(H,21,22)(H,23,24)/t13-,14-,15-,16-,17-,18+/m1/s1. The quantitative estimate of drug-likeness (QED) is 0.841. The first kappa shape index (κ1) is 14.3. The fourth-order valence-corrected chi connectivity index (χ4v) is 5.45. The summed E-state index contributed by atoms with van der Waals surface area (Å²) in [5, 5.41) is 12.7. The van der Waals surface area contributed by atoms with Gasteiger partial charge < -0.3 is 10.4 Å². The Morgan fingerprint density at radius 1 is 1.00 bits per heavy atom. The van der Waals surface area contributed by atoms with Crippen molar-refractivity contribution in [1.29, 1.82) is 0 Å². The van der Waals surface area contributed by atoms with Crippen molar-refractivity contribution in [1.82, 2.24) is 0 Å². The van der Waals surface area contributed by atoms with Gasteiger partial charge in [-0.15, -0.1) is 0 Å². The molecule has 124 valence electrons. The number of fused-ring (bicyclic) bond motifs is 2. The van der Waals surface area contributed by atoms with Crippen molar-refractivity contribution in [3.63, 3.8) is 0 Å². The summed E-state index contributed by atoms with van der Waals surface area (Å²) in [4.78, 5) is 24.7. The minimum Gasteiger partial charge on any atom is -0.481 e. The first-order valence-electron chi connectivity index (χ1n) is 8.97. The highest BCUT2D eigenvalue weighted by Crippen LogP contribution is 2.63. The number of allylic oxidation sites excluding steroid dienone is 2. The lowest BCUT2D eigenvalue weighted by Crippen LogP contribution is -2.48. The first-order chi connectivity index (χ1) is 11.6. The van der Waals surface area contributed by atoms with Crippen LogP contribution in [-0.4, -0.2) is 17.0 Å². The monoisotopic (exact) mass is 323 g/mol. The minimum atomic E-state index is -0.825. The molecule has 0 unspecified atom stereocenters. The summed E-state index contributed by atoms with van der Waals surface area (Å²) < 4.78 is 0. The van der Waals surface area contributed by atoms with E-state index >= 15 is 0 Å². The van der Waals surface area contributed by atoms with E-state index in [0.29, 0.717) is 11.8 Å². The van der Waals surface area contributed by atoms with Crippen molar-refractivity contribution in [2.24, 2.45) is 35.5 Å². The topological polar surface area (TPSA) is 66.4 Å². The first-order valence-corrected chi connectivity index (χ1v) is 8.97. The number of rotatable bonds is 3. The average Bonchev–Trinajstić information content (AvgIpc) is 3.28. The maximum absolute atomic E-state index is 12.9. The summed E-state index contributed by atoms with van der Waals surface area (Å²) in [5.41, 5.74) is 3.49. The molecule has 1 aromatic carbocycles. The molecule has 5 aliphatic carbocycles. The molecule has 2 saturated carbocycles. The zero-order valence-electron chi connectivity index (χ0n) is 13.4. The van der Waals surface area contributed by atoms with Crippen molar-refractivity contribution >= 4 is 17.6 Å². The molecule has 2 bridgehead atoms. The summed E-state index contributed by atoms with van der Waals surface area (Å²) in [6, 6.07) is 6.11. The van der Waals surface area contributed by atoms with Gasteiger partial charge in [-0.3, -0.25) is 9.59 Å². The molecule has 2 fully saturated rings. The number of benzene rings is 1. The van der Waals surface area contributed by atoms with Crippen molar-refractivity contribution in [2.45, 2.75) is 25.7 Å². The van der Waals surface area contributed by atoms with Gasteiger partial charge in [0.1, 0.15) is 0 Å². The maximum atomic E-state index is 12.9. The summed E-state index contributed by atoms with van der Waals surface area (Å²) in [6.07, 6.45) is 8.59. The van der Waals surface area contributed by atoms with E-state index in [9.17, 15) is 14.7 Å². The van der Waals surface area contributed by atoms with Crippen LogP contribution in [0.1, 0.15) is 24.0 Å². The zero-order valence-corrected chi connectivity index (χ0v) is 13.4. The molecule has 0 heterocycles. The van der Waals surface area contributed by atoms with Gasteiger partial charge in [-0.25, -0.2) is 0 Å². The van der Waals surface area contributed by atoms with Gasteiger partial charge in [-0.05, 0) is 72.6 Å². The van der Waals surface area contributed by atoms with Crippen LogP contribution in [0.2, 0.25) is 0 Å². The second-order valence-electron chi connectivity index (χ2n) is 7.82. The van der Waals surface area contributed by atoms with Gasteiger partial charge >= 0.3 is 5.97 Å². The Bertz CT molecular complexity index is 768. The predicted molar refractivity (Wildman–Crippen MR) is 89.4 cm³/mol. The van der Waals surface area contributed by atoms with Crippen molar-refractivity contribution < 1.29 is 14.7 Å². The molecule has 4 heteroatoms. The van der Waals surface area contributed by atoms with Crippen LogP contribution in [0.15, 0.2) is 30.4 Å². The van der Waals surface area contributed by atoms with E-state index in [-0.39, 0.29) is 17.7 Å². The van der Waals surface area contributed by atoms with Crippen LogP contribution in [-0.2, 0) is 22.4 Å². The van der Waals surface area contributed by atoms with E-state index in [0.717, 1.165) is 24.9 Å². The lowest BCUT2D eigenvalue weighted by molar-refractivity contribution is -0.152. The van der Waals surface area contributed by atoms with Gasteiger partial charge in [0.25, 0.3) is 0 Å². The van der Waals surface area contributed by atoms with Gasteiger partial charge in [0.2, 0.25) is 5.91 Å². The highest BCUT2D eigenvalue weighted by Gasteiger charge is 2.62. The van der Waals surface area contributed by atoms with E-state index in [1.807, 2.05) is 6.07 Å². The number of carbonyl (C=O) groups is 2. The Kier molecular flexibility index (Phi) is 2.94. The maximum Gasteiger partial charge on any atom is 0.307 e. The number of amides is 1. The minimum absolute atomic E-state index is 0.0354. The number of aryl methyl sites for hydroxylation is 2. The smallest absolute Gasteiger partial charge is 0.307 e. The Hall–Kier alpha value is -2.10. The Morgan fingerprint density at radius 3 is 2.46 bits per heavy atom. The number of nitrogens with one attached hydrogen (secondary N) is 1. The van der Waals surface area contributed by atoms with Crippen LogP contribution in [0.3, 0.4) is 0 Å². The van der Waals surface area contributed by atoms with Gasteiger partial charge in [-0.2, -0.15) is 0 Å². The second-order valence-corrected chi connectivity index (χ2v) is 7.82. The largest absolute Gasteiger partial charge is 0.481 e. The highest BCUT2D eigenvalue weighted by molar-refractivity contribution is 5.96. The second kappa shape index (κ2) is 4.95. The SMILES string of the molecule is O=C(Nc1ccc2c(c1)CCC2)[C@@H]1[C@@H]2C=C[C@H]([C@H]3C[C@H]23)[C@@H]1C(=O)O. The van der Waals surface area contributed by atoms with Crippen LogP contribution < -0.4 is 5.32 Å². The predicted octanol–water partition coefficient (Wildman–Crippen LogP) is 2.88. The molecule has 0 spiro atoms. The zero-order chi connectivity index (χ0) is 16.4. The molecular formula is C20H21NO3. The van der Waals surface area contributed by atoms with E-state index in [1.165, 1.54) is 17.5 Å².